The van der Waals surface area contributed by atoms with E-state index in [1.165, 1.54) is 15.5 Å². The summed E-state index contributed by atoms with van der Waals surface area (Å²) >= 11 is 1.79. The first-order valence-electron chi connectivity index (χ1n) is 11.1. The van der Waals surface area contributed by atoms with Crippen molar-refractivity contribution in [2.45, 2.75) is 56.9 Å². The lowest BCUT2D eigenvalue weighted by molar-refractivity contribution is 0.0952. The van der Waals surface area contributed by atoms with Gasteiger partial charge < -0.3 is 15.1 Å². The standard InChI is InChI=1S/C25H35N3OS/c1-6-27(7-2)17-19(5)28-21-10-8-9-11-23(21)30-24-13-12-20(16-22(24)28)25(29)26-15-14-18(3)4/h8-13,16,18-19H,6-7,14-15,17H2,1-5H3,(H,26,29). The van der Waals surface area contributed by atoms with Gasteiger partial charge in [-0.3, -0.25) is 4.79 Å². The lowest BCUT2D eigenvalue weighted by Crippen LogP contribution is -2.41. The number of carbonyl (C=O) groups excluding carboxylic acids is 1. The highest BCUT2D eigenvalue weighted by Gasteiger charge is 2.28. The molecular formula is C25H35N3OS. The van der Waals surface area contributed by atoms with Crippen LogP contribution in [0.25, 0.3) is 0 Å². The van der Waals surface area contributed by atoms with Crippen LogP contribution in [-0.2, 0) is 0 Å². The lowest BCUT2D eigenvalue weighted by atomic mass is 10.1. The minimum absolute atomic E-state index is 0.0126. The van der Waals surface area contributed by atoms with Gasteiger partial charge in [-0.05, 0) is 62.7 Å². The lowest BCUT2D eigenvalue weighted by Gasteiger charge is -2.39. The molecule has 0 fully saturated rings. The van der Waals surface area contributed by atoms with Gasteiger partial charge in [0.25, 0.3) is 5.91 Å². The van der Waals surface area contributed by atoms with Gasteiger partial charge in [0.05, 0.1) is 11.4 Å². The summed E-state index contributed by atoms with van der Waals surface area (Å²) in [5.41, 5.74) is 3.10. The molecule has 4 nitrogen and oxygen atoms in total. The van der Waals surface area contributed by atoms with Crippen LogP contribution < -0.4 is 10.2 Å². The molecule has 0 bridgehead atoms. The summed E-state index contributed by atoms with van der Waals surface area (Å²) in [7, 11) is 0. The Morgan fingerprint density at radius 2 is 1.73 bits per heavy atom. The summed E-state index contributed by atoms with van der Waals surface area (Å²) in [6, 6.07) is 15.0. The molecule has 2 aromatic carbocycles. The Morgan fingerprint density at radius 3 is 2.43 bits per heavy atom. The normalized spacial score (nSPS) is 13.9. The number of para-hydroxylation sites is 1. The van der Waals surface area contributed by atoms with Crippen molar-refractivity contribution >= 4 is 29.0 Å². The first kappa shape index (κ1) is 22.7. The zero-order valence-electron chi connectivity index (χ0n) is 18.9. The first-order chi connectivity index (χ1) is 14.4. The minimum Gasteiger partial charge on any atom is -0.352 e. The molecule has 1 aliphatic rings. The number of carbonyl (C=O) groups is 1. The van der Waals surface area contributed by atoms with Gasteiger partial charge in [0.15, 0.2) is 0 Å². The van der Waals surface area contributed by atoms with E-state index in [1.54, 1.807) is 11.8 Å². The Kier molecular flexibility index (Phi) is 7.84. The van der Waals surface area contributed by atoms with Crippen molar-refractivity contribution in [3.8, 4) is 0 Å². The van der Waals surface area contributed by atoms with Crippen molar-refractivity contribution in [3.63, 3.8) is 0 Å². The quantitative estimate of drug-likeness (QED) is 0.551. The maximum absolute atomic E-state index is 12.8. The van der Waals surface area contributed by atoms with Gasteiger partial charge >= 0.3 is 0 Å². The van der Waals surface area contributed by atoms with E-state index < -0.39 is 0 Å². The molecule has 30 heavy (non-hydrogen) atoms. The predicted octanol–water partition coefficient (Wildman–Crippen LogP) is 5.80. The number of likely N-dealkylation sites (N-methyl/N-ethyl adjacent to an activating group) is 1. The minimum atomic E-state index is 0.0126. The van der Waals surface area contributed by atoms with E-state index in [0.717, 1.165) is 37.3 Å². The molecule has 0 aliphatic carbocycles. The Hall–Kier alpha value is -1.98. The first-order valence-corrected chi connectivity index (χ1v) is 12.0. The summed E-state index contributed by atoms with van der Waals surface area (Å²) in [4.78, 5) is 20.1. The Morgan fingerprint density at radius 1 is 1.03 bits per heavy atom. The molecule has 2 aromatic rings. The summed E-state index contributed by atoms with van der Waals surface area (Å²) in [5.74, 6) is 0.594. The van der Waals surface area contributed by atoms with Crippen LogP contribution in [-0.4, -0.2) is 43.0 Å². The van der Waals surface area contributed by atoms with Crippen molar-refractivity contribution in [2.24, 2.45) is 5.92 Å². The topological polar surface area (TPSA) is 35.6 Å². The molecule has 0 saturated carbocycles. The predicted molar refractivity (Wildman–Crippen MR) is 128 cm³/mol. The van der Waals surface area contributed by atoms with E-state index in [-0.39, 0.29) is 5.91 Å². The third kappa shape index (κ3) is 5.19. The number of rotatable bonds is 9. The molecule has 162 valence electrons. The third-order valence-corrected chi connectivity index (χ3v) is 6.82. The fraction of sp³-hybridized carbons (Fsp3) is 0.480. The fourth-order valence-corrected chi connectivity index (χ4v) is 4.96. The van der Waals surface area contributed by atoms with Crippen LogP contribution in [0.2, 0.25) is 0 Å². The van der Waals surface area contributed by atoms with Crippen molar-refractivity contribution in [1.29, 1.82) is 0 Å². The summed E-state index contributed by atoms with van der Waals surface area (Å²) in [6.45, 7) is 14.8. The number of fused-ring (bicyclic) bond motifs is 2. The molecule has 0 radical (unpaired) electrons. The average Bonchev–Trinajstić information content (AvgIpc) is 2.74. The molecule has 1 aliphatic heterocycles. The van der Waals surface area contributed by atoms with Crippen LogP contribution in [0.1, 0.15) is 51.4 Å². The van der Waals surface area contributed by atoms with Crippen LogP contribution in [0.4, 0.5) is 11.4 Å². The van der Waals surface area contributed by atoms with E-state index in [0.29, 0.717) is 18.5 Å². The second-order valence-electron chi connectivity index (χ2n) is 8.40. The van der Waals surface area contributed by atoms with Gasteiger partial charge in [0, 0.05) is 34.5 Å². The molecular weight excluding hydrogens is 390 g/mol. The maximum Gasteiger partial charge on any atom is 0.251 e. The molecule has 3 rings (SSSR count). The van der Waals surface area contributed by atoms with Gasteiger partial charge in [-0.15, -0.1) is 0 Å². The van der Waals surface area contributed by atoms with Crippen molar-refractivity contribution in [2.75, 3.05) is 31.1 Å². The number of hydrogen-bond acceptors (Lipinski definition) is 4. The SMILES string of the molecule is CCN(CC)CC(C)N1c2ccccc2Sc2ccc(C(=O)NCCC(C)C)cc21. The number of amides is 1. The Labute approximate surface area is 186 Å². The van der Waals surface area contributed by atoms with Crippen LogP contribution in [0.15, 0.2) is 52.3 Å². The van der Waals surface area contributed by atoms with Crippen molar-refractivity contribution < 1.29 is 4.79 Å². The van der Waals surface area contributed by atoms with E-state index in [4.69, 9.17) is 0 Å². The zero-order valence-corrected chi connectivity index (χ0v) is 19.8. The zero-order chi connectivity index (χ0) is 21.7. The fourth-order valence-electron chi connectivity index (χ4n) is 3.91. The molecule has 1 amide bonds. The van der Waals surface area contributed by atoms with Crippen molar-refractivity contribution in [1.82, 2.24) is 10.2 Å². The average molecular weight is 426 g/mol. The summed E-state index contributed by atoms with van der Waals surface area (Å²) in [5, 5.41) is 3.08. The summed E-state index contributed by atoms with van der Waals surface area (Å²) < 4.78 is 0. The van der Waals surface area contributed by atoms with Gasteiger partial charge in [0.2, 0.25) is 0 Å². The molecule has 1 heterocycles. The number of nitrogens with one attached hydrogen (secondary N) is 1. The molecule has 0 saturated heterocycles. The highest BCUT2D eigenvalue weighted by atomic mass is 32.2. The third-order valence-electron chi connectivity index (χ3n) is 5.69. The number of hydrogen-bond donors (Lipinski definition) is 1. The summed E-state index contributed by atoms with van der Waals surface area (Å²) in [6.07, 6.45) is 0.993. The van der Waals surface area contributed by atoms with Crippen LogP contribution >= 0.6 is 11.8 Å². The molecule has 1 N–H and O–H groups in total. The van der Waals surface area contributed by atoms with E-state index in [1.807, 2.05) is 6.07 Å². The largest absolute Gasteiger partial charge is 0.352 e. The van der Waals surface area contributed by atoms with Gasteiger partial charge in [-0.25, -0.2) is 0 Å². The molecule has 0 aromatic heterocycles. The van der Waals surface area contributed by atoms with Crippen LogP contribution in [0.3, 0.4) is 0 Å². The highest BCUT2D eigenvalue weighted by molar-refractivity contribution is 7.99. The van der Waals surface area contributed by atoms with Crippen molar-refractivity contribution in [3.05, 3.63) is 48.0 Å². The molecule has 0 spiro atoms. The molecule has 1 atom stereocenters. The van der Waals surface area contributed by atoms with Gasteiger partial charge in [-0.1, -0.05) is 51.6 Å². The van der Waals surface area contributed by atoms with E-state index in [2.05, 4.69) is 86.1 Å². The van der Waals surface area contributed by atoms with Crippen LogP contribution in [0, 0.1) is 5.92 Å². The molecule has 5 heteroatoms. The number of nitrogens with zero attached hydrogens (tertiary/aromatic N) is 2. The van der Waals surface area contributed by atoms with Gasteiger partial charge in [0.1, 0.15) is 0 Å². The highest BCUT2D eigenvalue weighted by Crippen LogP contribution is 2.49. The van der Waals surface area contributed by atoms with Crippen LogP contribution in [0.5, 0.6) is 0 Å². The number of benzene rings is 2. The monoisotopic (exact) mass is 425 g/mol. The smallest absolute Gasteiger partial charge is 0.251 e. The second kappa shape index (κ2) is 10.4. The van der Waals surface area contributed by atoms with E-state index >= 15 is 0 Å². The van der Waals surface area contributed by atoms with Gasteiger partial charge in [-0.2, -0.15) is 0 Å². The number of anilines is 2. The van der Waals surface area contributed by atoms with E-state index in [9.17, 15) is 4.79 Å². The Bertz CT molecular complexity index is 863. The Balaban J connectivity index is 1.92. The maximum atomic E-state index is 12.8. The second-order valence-corrected chi connectivity index (χ2v) is 9.48. The molecule has 1 unspecified atom stereocenters.